The fourth-order valence-corrected chi connectivity index (χ4v) is 0.650. The summed E-state index contributed by atoms with van der Waals surface area (Å²) in [6.07, 6.45) is -1.50. The third kappa shape index (κ3) is 8.83. The molecule has 0 bridgehead atoms. The van der Waals surface area contributed by atoms with Gasteiger partial charge in [0.05, 0.1) is 6.61 Å². The Kier molecular flexibility index (Phi) is 5.67. The standard InChI is InChI=1S/C9H11F3O2/c1-2-8(13)14-7-5-3-4-6-9(10,11)12/h2,4,6H,1,3,5,7H2. The number of ether oxygens (including phenoxy) is 1. The molecule has 0 aromatic rings. The lowest BCUT2D eigenvalue weighted by Gasteiger charge is -1.99. The molecule has 0 aromatic heterocycles. The van der Waals surface area contributed by atoms with Gasteiger partial charge < -0.3 is 4.74 Å². The molecule has 0 amide bonds. The van der Waals surface area contributed by atoms with Gasteiger partial charge in [-0.3, -0.25) is 0 Å². The molecule has 0 aromatic carbocycles. The Hall–Kier alpha value is -1.26. The molecule has 0 spiro atoms. The van der Waals surface area contributed by atoms with Crippen molar-refractivity contribution in [2.24, 2.45) is 0 Å². The van der Waals surface area contributed by atoms with Crippen LogP contribution in [0.3, 0.4) is 0 Å². The number of allylic oxidation sites excluding steroid dienone is 2. The van der Waals surface area contributed by atoms with Crippen molar-refractivity contribution in [3.8, 4) is 0 Å². The number of halogens is 3. The molecule has 0 saturated carbocycles. The van der Waals surface area contributed by atoms with E-state index in [1.165, 1.54) is 0 Å². The average molecular weight is 208 g/mol. The second-order valence-electron chi connectivity index (χ2n) is 2.46. The smallest absolute Gasteiger partial charge is 0.409 e. The summed E-state index contributed by atoms with van der Waals surface area (Å²) in [7, 11) is 0. The van der Waals surface area contributed by atoms with Gasteiger partial charge in [-0.1, -0.05) is 12.7 Å². The first-order valence-corrected chi connectivity index (χ1v) is 3.99. The van der Waals surface area contributed by atoms with Gasteiger partial charge in [0.1, 0.15) is 0 Å². The lowest BCUT2D eigenvalue weighted by atomic mass is 10.3. The summed E-state index contributed by atoms with van der Waals surface area (Å²) in [6.45, 7) is 3.27. The number of carbonyl (C=O) groups excluding carboxylic acids is 1. The van der Waals surface area contributed by atoms with Gasteiger partial charge in [-0.05, 0) is 12.8 Å². The third-order valence-corrected chi connectivity index (χ3v) is 1.23. The van der Waals surface area contributed by atoms with Crippen LogP contribution in [-0.4, -0.2) is 18.8 Å². The summed E-state index contributed by atoms with van der Waals surface area (Å²) in [4.78, 5) is 10.5. The SMILES string of the molecule is C=CC(=O)OCCCC=CC(F)(F)F. The number of hydrogen-bond acceptors (Lipinski definition) is 2. The zero-order valence-corrected chi connectivity index (χ0v) is 7.51. The Morgan fingerprint density at radius 1 is 1.43 bits per heavy atom. The van der Waals surface area contributed by atoms with Crippen molar-refractivity contribution in [1.82, 2.24) is 0 Å². The Labute approximate surface area is 80.1 Å². The first-order chi connectivity index (χ1) is 6.45. The van der Waals surface area contributed by atoms with Crippen molar-refractivity contribution in [3.05, 3.63) is 24.8 Å². The summed E-state index contributed by atoms with van der Waals surface area (Å²) in [6, 6.07) is 0. The highest BCUT2D eigenvalue weighted by molar-refractivity contribution is 5.81. The van der Waals surface area contributed by atoms with Crippen LogP contribution in [0.5, 0.6) is 0 Å². The molecule has 0 atom stereocenters. The topological polar surface area (TPSA) is 26.3 Å². The lowest BCUT2D eigenvalue weighted by Crippen LogP contribution is -2.02. The van der Waals surface area contributed by atoms with Crippen LogP contribution < -0.4 is 0 Å². The summed E-state index contributed by atoms with van der Waals surface area (Å²) >= 11 is 0. The number of hydrogen-bond donors (Lipinski definition) is 0. The summed E-state index contributed by atoms with van der Waals surface area (Å²) in [5, 5.41) is 0. The molecule has 0 aliphatic heterocycles. The van der Waals surface area contributed by atoms with Crippen LogP contribution in [0.25, 0.3) is 0 Å². The fourth-order valence-electron chi connectivity index (χ4n) is 0.650. The van der Waals surface area contributed by atoms with E-state index in [1.54, 1.807) is 0 Å². The van der Waals surface area contributed by atoms with Crippen LogP contribution in [0.2, 0.25) is 0 Å². The lowest BCUT2D eigenvalue weighted by molar-refractivity contribution is -0.137. The van der Waals surface area contributed by atoms with E-state index in [-0.39, 0.29) is 19.1 Å². The number of esters is 1. The Morgan fingerprint density at radius 2 is 2.07 bits per heavy atom. The normalized spacial score (nSPS) is 11.6. The van der Waals surface area contributed by atoms with E-state index in [0.29, 0.717) is 6.42 Å². The van der Waals surface area contributed by atoms with Gasteiger partial charge in [-0.15, -0.1) is 0 Å². The van der Waals surface area contributed by atoms with Crippen LogP contribution in [0.15, 0.2) is 24.8 Å². The zero-order chi connectivity index (χ0) is 11.0. The Morgan fingerprint density at radius 3 is 2.57 bits per heavy atom. The molecule has 2 nitrogen and oxygen atoms in total. The van der Waals surface area contributed by atoms with E-state index < -0.39 is 12.1 Å². The first-order valence-electron chi connectivity index (χ1n) is 3.99. The predicted molar refractivity (Wildman–Crippen MR) is 45.6 cm³/mol. The summed E-state index contributed by atoms with van der Waals surface area (Å²) in [5.74, 6) is -0.565. The van der Waals surface area contributed by atoms with E-state index in [4.69, 9.17) is 0 Å². The first kappa shape index (κ1) is 12.7. The number of carbonyl (C=O) groups is 1. The van der Waals surface area contributed by atoms with Crippen molar-refractivity contribution >= 4 is 5.97 Å². The van der Waals surface area contributed by atoms with E-state index >= 15 is 0 Å². The van der Waals surface area contributed by atoms with Gasteiger partial charge in [0, 0.05) is 12.2 Å². The van der Waals surface area contributed by atoms with Gasteiger partial charge in [0.15, 0.2) is 0 Å². The van der Waals surface area contributed by atoms with E-state index in [1.807, 2.05) is 0 Å². The monoisotopic (exact) mass is 208 g/mol. The molecule has 0 rings (SSSR count). The minimum absolute atomic E-state index is 0.104. The highest BCUT2D eigenvalue weighted by Crippen LogP contribution is 2.16. The number of rotatable bonds is 5. The number of unbranched alkanes of at least 4 members (excludes halogenated alkanes) is 1. The fraction of sp³-hybridized carbons (Fsp3) is 0.444. The zero-order valence-electron chi connectivity index (χ0n) is 7.51. The van der Waals surface area contributed by atoms with Crippen LogP contribution in [0.1, 0.15) is 12.8 Å². The maximum Gasteiger partial charge on any atom is 0.409 e. The van der Waals surface area contributed by atoms with Crippen LogP contribution in [0, 0.1) is 0 Å². The molecule has 5 heteroatoms. The molecule has 0 fully saturated rings. The minimum atomic E-state index is -4.27. The van der Waals surface area contributed by atoms with Crippen molar-refractivity contribution in [2.75, 3.05) is 6.61 Å². The summed E-state index contributed by atoms with van der Waals surface area (Å²) in [5.41, 5.74) is 0. The number of alkyl halides is 3. The molecule has 14 heavy (non-hydrogen) atoms. The molecule has 0 aliphatic rings. The third-order valence-electron chi connectivity index (χ3n) is 1.23. The van der Waals surface area contributed by atoms with E-state index in [2.05, 4.69) is 11.3 Å². The van der Waals surface area contributed by atoms with Gasteiger partial charge in [-0.2, -0.15) is 13.2 Å². The quantitative estimate of drug-likeness (QED) is 0.300. The molecule has 0 saturated heterocycles. The molecule has 80 valence electrons. The van der Waals surface area contributed by atoms with Gasteiger partial charge in [0.2, 0.25) is 0 Å². The highest BCUT2D eigenvalue weighted by Gasteiger charge is 2.21. The van der Waals surface area contributed by atoms with Crippen LogP contribution in [0.4, 0.5) is 13.2 Å². The molecular weight excluding hydrogens is 197 g/mol. The van der Waals surface area contributed by atoms with Crippen LogP contribution in [-0.2, 0) is 9.53 Å². The van der Waals surface area contributed by atoms with Crippen molar-refractivity contribution in [3.63, 3.8) is 0 Å². The average Bonchev–Trinajstić information content (AvgIpc) is 2.08. The molecule has 0 N–H and O–H groups in total. The van der Waals surface area contributed by atoms with Gasteiger partial charge in [-0.25, -0.2) is 4.79 Å². The molecular formula is C9H11F3O2. The maximum atomic E-state index is 11.6. The minimum Gasteiger partial charge on any atom is -0.463 e. The largest absolute Gasteiger partial charge is 0.463 e. The van der Waals surface area contributed by atoms with E-state index in [9.17, 15) is 18.0 Å². The highest BCUT2D eigenvalue weighted by atomic mass is 19.4. The molecule has 0 radical (unpaired) electrons. The van der Waals surface area contributed by atoms with Crippen LogP contribution >= 0.6 is 0 Å². The van der Waals surface area contributed by atoms with Crippen molar-refractivity contribution in [2.45, 2.75) is 19.0 Å². The van der Waals surface area contributed by atoms with E-state index in [0.717, 1.165) is 12.2 Å². The predicted octanol–water partition coefficient (Wildman–Crippen LogP) is 2.61. The Bertz CT molecular complexity index is 219. The Balaban J connectivity index is 3.43. The summed E-state index contributed by atoms with van der Waals surface area (Å²) < 4.78 is 39.2. The molecule has 0 unspecified atom stereocenters. The van der Waals surface area contributed by atoms with Crippen molar-refractivity contribution < 1.29 is 22.7 Å². The second kappa shape index (κ2) is 6.23. The molecule has 0 aliphatic carbocycles. The van der Waals surface area contributed by atoms with Gasteiger partial charge >= 0.3 is 12.1 Å². The van der Waals surface area contributed by atoms with Crippen molar-refractivity contribution in [1.29, 1.82) is 0 Å². The molecule has 0 heterocycles. The van der Waals surface area contributed by atoms with Gasteiger partial charge in [0.25, 0.3) is 0 Å². The second-order valence-corrected chi connectivity index (χ2v) is 2.46. The maximum absolute atomic E-state index is 11.6.